The highest BCUT2D eigenvalue weighted by Crippen LogP contribution is 2.58. The van der Waals surface area contributed by atoms with Crippen molar-refractivity contribution in [3.8, 4) is 5.75 Å². The molecule has 0 radical (unpaired) electrons. The lowest BCUT2D eigenvalue weighted by atomic mass is 9.48. The van der Waals surface area contributed by atoms with Gasteiger partial charge in [0.05, 0.1) is 12.1 Å². The molecule has 1 aromatic heterocycles. The Labute approximate surface area is 297 Å². The lowest BCUT2D eigenvalue weighted by Crippen LogP contribution is -2.70. The molecule has 15 heteroatoms. The average molecular weight is 736 g/mol. The predicted molar refractivity (Wildman–Crippen MR) is 176 cm³/mol. The number of piperidine rings is 1. The number of aromatic nitrogens is 2. The Morgan fingerprint density at radius 1 is 0.942 bits per heavy atom. The zero-order chi connectivity index (χ0) is 36.6. The van der Waals surface area contributed by atoms with Gasteiger partial charge in [-0.2, -0.15) is 26.3 Å². The summed E-state index contributed by atoms with van der Waals surface area (Å²) >= 11 is 0. The highest BCUT2D eigenvalue weighted by molar-refractivity contribution is 5.99. The van der Waals surface area contributed by atoms with Gasteiger partial charge in [-0.3, -0.25) is 9.69 Å². The Kier molecular flexibility index (Phi) is 8.89. The van der Waals surface area contributed by atoms with Crippen LogP contribution in [0.2, 0.25) is 0 Å². The number of hydrogen-bond donors (Lipinski definition) is 2. The van der Waals surface area contributed by atoms with Crippen LogP contribution in [0, 0.1) is 29.6 Å². The van der Waals surface area contributed by atoms with Gasteiger partial charge < -0.3 is 20.1 Å². The molecule has 2 aromatic rings. The third kappa shape index (κ3) is 6.48. The van der Waals surface area contributed by atoms with E-state index in [2.05, 4.69) is 15.3 Å². The summed E-state index contributed by atoms with van der Waals surface area (Å²) in [6, 6.07) is 5.37. The van der Waals surface area contributed by atoms with E-state index in [1.807, 2.05) is 6.07 Å². The van der Waals surface area contributed by atoms with Crippen molar-refractivity contribution in [1.82, 2.24) is 20.2 Å². The molecule has 0 spiro atoms. The number of aliphatic carboxylic acids is 1. The Balaban J connectivity index is 1.06. The van der Waals surface area contributed by atoms with Gasteiger partial charge in [-0.25, -0.2) is 14.8 Å². The summed E-state index contributed by atoms with van der Waals surface area (Å²) in [4.78, 5) is 37.8. The van der Waals surface area contributed by atoms with E-state index in [1.54, 1.807) is 17.0 Å². The molecule has 2 aliphatic heterocycles. The van der Waals surface area contributed by atoms with Crippen molar-refractivity contribution < 1.29 is 45.8 Å². The number of carbonyl (C=O) groups excluding carboxylic acids is 1. The van der Waals surface area contributed by atoms with Gasteiger partial charge >= 0.3 is 18.3 Å². The number of halogens is 6. The zero-order valence-electron chi connectivity index (χ0n) is 28.7. The third-order valence-electron chi connectivity index (χ3n) is 12.9. The quantitative estimate of drug-likeness (QED) is 0.272. The van der Waals surface area contributed by atoms with E-state index in [9.17, 15) is 41.0 Å². The van der Waals surface area contributed by atoms with Gasteiger partial charge in [-0.1, -0.05) is 12.8 Å². The number of nitrogens with one attached hydrogen (secondary N) is 1. The minimum absolute atomic E-state index is 0.0389. The fraction of sp³-hybridized carbons (Fsp3) is 0.676. The van der Waals surface area contributed by atoms with Gasteiger partial charge in [0.2, 0.25) is 5.95 Å². The van der Waals surface area contributed by atoms with Crippen molar-refractivity contribution in [2.24, 2.45) is 29.6 Å². The minimum atomic E-state index is -5.02. The molecule has 6 fully saturated rings. The van der Waals surface area contributed by atoms with Crippen molar-refractivity contribution >= 4 is 23.5 Å². The normalized spacial score (nSPS) is 30.9. The molecule has 9 rings (SSSR count). The van der Waals surface area contributed by atoms with Crippen molar-refractivity contribution in [2.75, 3.05) is 31.1 Å². The topological polar surface area (TPSA) is 108 Å². The van der Waals surface area contributed by atoms with E-state index >= 15 is 0 Å². The molecule has 2 N–H and O–H groups in total. The molecule has 1 aromatic carbocycles. The number of nitrogens with zero attached hydrogens (tertiary/aromatic N) is 4. The van der Waals surface area contributed by atoms with Crippen LogP contribution in [-0.4, -0.2) is 75.8 Å². The van der Waals surface area contributed by atoms with E-state index in [1.165, 1.54) is 4.90 Å². The largest absolute Gasteiger partial charge is 0.490 e. The summed E-state index contributed by atoms with van der Waals surface area (Å²) < 4.78 is 89.0. The lowest BCUT2D eigenvalue weighted by molar-refractivity contribution is -0.163. The Hall–Kier alpha value is -3.62. The van der Waals surface area contributed by atoms with Crippen LogP contribution in [0.1, 0.15) is 98.2 Å². The second-order valence-corrected chi connectivity index (χ2v) is 16.1. The standard InChI is InChI=1S/C37H43F6N5O4/c38-35(39,40)19-47-9-7-25(8-10-47)52-26-5-6-30-27(16-26)29(22-3-1-2-4-22)18-48(30)34-44-17-28(31(45-34)37(41,42)43)32(49)46-36(33(50)51)23-12-20-11-21(14-23)15-24(36)13-20/h5-6,16-17,20-25,29H,1-4,7-15,18-19H2,(H,46,49)(H,50,51). The predicted octanol–water partition coefficient (Wildman–Crippen LogP) is 7.34. The maximum Gasteiger partial charge on any atom is 0.434 e. The number of likely N-dealkylation sites (tertiary alicyclic amines) is 1. The van der Waals surface area contributed by atoms with E-state index < -0.39 is 47.6 Å². The van der Waals surface area contributed by atoms with Crippen LogP contribution in [0.25, 0.3) is 0 Å². The van der Waals surface area contributed by atoms with Crippen molar-refractivity contribution in [2.45, 2.75) is 101 Å². The summed E-state index contributed by atoms with van der Waals surface area (Å²) in [5.74, 6) is -1.68. The Bertz CT molecular complexity index is 1680. The van der Waals surface area contributed by atoms with Gasteiger partial charge in [-0.05, 0) is 111 Å². The molecule has 5 saturated carbocycles. The zero-order valence-corrected chi connectivity index (χ0v) is 28.7. The van der Waals surface area contributed by atoms with Crippen LogP contribution in [0.4, 0.5) is 38.0 Å². The minimum Gasteiger partial charge on any atom is -0.490 e. The molecule has 7 aliphatic rings. The molecular formula is C37H43F6N5O4. The van der Waals surface area contributed by atoms with E-state index in [-0.39, 0.29) is 48.8 Å². The second kappa shape index (κ2) is 13.0. The molecule has 1 amide bonds. The number of rotatable bonds is 8. The van der Waals surface area contributed by atoms with E-state index in [0.717, 1.165) is 43.9 Å². The number of amides is 1. The van der Waals surface area contributed by atoms with Gasteiger partial charge in [0.1, 0.15) is 17.4 Å². The molecule has 9 nitrogen and oxygen atoms in total. The molecule has 52 heavy (non-hydrogen) atoms. The van der Waals surface area contributed by atoms with Crippen LogP contribution >= 0.6 is 0 Å². The molecule has 3 heterocycles. The monoisotopic (exact) mass is 735 g/mol. The summed E-state index contributed by atoms with van der Waals surface area (Å²) in [5, 5.41) is 13.1. The first kappa shape index (κ1) is 35.4. The fourth-order valence-corrected chi connectivity index (χ4v) is 10.8. The first-order chi connectivity index (χ1) is 24.7. The van der Waals surface area contributed by atoms with Crippen LogP contribution in [-0.2, 0) is 11.0 Å². The number of anilines is 2. The van der Waals surface area contributed by atoms with Crippen molar-refractivity contribution in [3.63, 3.8) is 0 Å². The van der Waals surface area contributed by atoms with Gasteiger partial charge in [0.25, 0.3) is 5.91 Å². The van der Waals surface area contributed by atoms with Crippen LogP contribution in [0.3, 0.4) is 0 Å². The van der Waals surface area contributed by atoms with Crippen molar-refractivity contribution in [1.29, 1.82) is 0 Å². The first-order valence-electron chi connectivity index (χ1n) is 18.6. The van der Waals surface area contributed by atoms with Crippen molar-refractivity contribution in [3.05, 3.63) is 41.2 Å². The molecular weight excluding hydrogens is 692 g/mol. The molecule has 4 bridgehead atoms. The van der Waals surface area contributed by atoms with Gasteiger partial charge in [0.15, 0.2) is 5.69 Å². The maximum absolute atomic E-state index is 14.7. The number of fused-ring (bicyclic) bond motifs is 1. The lowest BCUT2D eigenvalue weighted by Gasteiger charge is -2.59. The number of ether oxygens (including phenoxy) is 1. The van der Waals surface area contributed by atoms with Crippen LogP contribution < -0.4 is 15.0 Å². The highest BCUT2D eigenvalue weighted by Gasteiger charge is 2.62. The Morgan fingerprint density at radius 2 is 1.60 bits per heavy atom. The Morgan fingerprint density at radius 3 is 2.19 bits per heavy atom. The number of hydrogen-bond acceptors (Lipinski definition) is 7. The number of carbonyl (C=O) groups is 2. The summed E-state index contributed by atoms with van der Waals surface area (Å²) in [6.07, 6.45) is -0.225. The molecule has 1 atom stereocenters. The van der Waals surface area contributed by atoms with Gasteiger partial charge in [0, 0.05) is 37.4 Å². The summed E-state index contributed by atoms with van der Waals surface area (Å²) in [6.45, 7) is -0.0955. The molecule has 1 saturated heterocycles. The molecule has 282 valence electrons. The summed E-state index contributed by atoms with van der Waals surface area (Å²) in [7, 11) is 0. The fourth-order valence-electron chi connectivity index (χ4n) is 10.8. The van der Waals surface area contributed by atoms with E-state index in [0.29, 0.717) is 68.3 Å². The van der Waals surface area contributed by atoms with Gasteiger partial charge in [-0.15, -0.1) is 0 Å². The van der Waals surface area contributed by atoms with E-state index in [4.69, 9.17) is 4.74 Å². The maximum atomic E-state index is 14.7. The number of benzene rings is 1. The number of alkyl halides is 6. The van der Waals surface area contributed by atoms with Crippen LogP contribution in [0.15, 0.2) is 24.4 Å². The number of carboxylic acids is 1. The smallest absolute Gasteiger partial charge is 0.434 e. The first-order valence-corrected chi connectivity index (χ1v) is 18.6. The second-order valence-electron chi connectivity index (χ2n) is 16.1. The SMILES string of the molecule is O=C(NC1(C(=O)O)C2CC3CC(C2)CC1C3)c1cnc(N2CC(C3CCCC3)c3cc(OC4CCN(CC(F)(F)F)CC4)ccc32)nc1C(F)(F)F. The number of carboxylic acid groups (broad SMARTS) is 1. The molecule has 1 unspecified atom stereocenters. The highest BCUT2D eigenvalue weighted by atomic mass is 19.4. The van der Waals surface area contributed by atoms with Crippen LogP contribution in [0.5, 0.6) is 5.75 Å². The molecule has 5 aliphatic carbocycles. The summed E-state index contributed by atoms with van der Waals surface area (Å²) in [5.41, 5.74) is -2.32. The average Bonchev–Trinajstić information content (AvgIpc) is 3.74. The third-order valence-corrected chi connectivity index (χ3v) is 12.9.